The fourth-order valence-electron chi connectivity index (χ4n) is 1.71. The number of nitrogens with two attached hydrogens (primary N) is 1. The number of hydrogen-bond donors (Lipinski definition) is 2. The van der Waals surface area contributed by atoms with Gasteiger partial charge < -0.3 is 10.8 Å². The van der Waals surface area contributed by atoms with Crippen LogP contribution in [-0.4, -0.2) is 16.1 Å². The third kappa shape index (κ3) is 2.50. The summed E-state index contributed by atoms with van der Waals surface area (Å²) < 4.78 is 0. The number of halogens is 1. The first-order chi connectivity index (χ1) is 8.61. The molecule has 0 aliphatic carbocycles. The lowest BCUT2D eigenvalue weighted by Gasteiger charge is -2.08. The molecule has 0 amide bonds. The van der Waals surface area contributed by atoms with Crippen LogP contribution in [0.3, 0.4) is 0 Å². The molecule has 0 fully saturated rings. The lowest BCUT2D eigenvalue weighted by Crippen LogP contribution is -2.02. The first-order valence-corrected chi connectivity index (χ1v) is 5.69. The van der Waals surface area contributed by atoms with Gasteiger partial charge >= 0.3 is 5.97 Å². The first kappa shape index (κ1) is 12.5. The Labute approximate surface area is 109 Å². The Morgan fingerprint density at radius 2 is 2.06 bits per heavy atom. The quantitative estimate of drug-likeness (QED) is 0.834. The van der Waals surface area contributed by atoms with Crippen LogP contribution in [0.1, 0.15) is 15.9 Å². The molecular weight excluding hydrogens is 252 g/mol. The van der Waals surface area contributed by atoms with Gasteiger partial charge in [-0.15, -0.1) is 0 Å². The standard InChI is InChI=1S/C13H11ClN2O2/c14-12-6-9(13(17)18)5-11(16-12)10-4-2-1-3-8(10)7-15/h1-6H,7,15H2,(H,17,18). The zero-order chi connectivity index (χ0) is 13.1. The van der Waals surface area contributed by atoms with Crippen molar-refractivity contribution in [1.29, 1.82) is 0 Å². The molecule has 3 N–H and O–H groups in total. The van der Waals surface area contributed by atoms with Crippen molar-refractivity contribution in [3.63, 3.8) is 0 Å². The van der Waals surface area contributed by atoms with E-state index >= 15 is 0 Å². The molecule has 0 saturated heterocycles. The molecule has 0 aliphatic rings. The summed E-state index contributed by atoms with van der Waals surface area (Å²) in [6, 6.07) is 10.2. The normalized spacial score (nSPS) is 10.3. The molecule has 4 nitrogen and oxygen atoms in total. The molecule has 0 radical (unpaired) electrons. The average Bonchev–Trinajstić information content (AvgIpc) is 2.38. The Morgan fingerprint density at radius 3 is 2.72 bits per heavy atom. The Kier molecular flexibility index (Phi) is 3.60. The van der Waals surface area contributed by atoms with Gasteiger partial charge in [-0.1, -0.05) is 35.9 Å². The lowest BCUT2D eigenvalue weighted by atomic mass is 10.0. The van der Waals surface area contributed by atoms with Gasteiger partial charge in [0.15, 0.2) is 0 Å². The van der Waals surface area contributed by atoms with Crippen molar-refractivity contribution in [2.45, 2.75) is 6.54 Å². The van der Waals surface area contributed by atoms with Gasteiger partial charge in [0.2, 0.25) is 0 Å². The van der Waals surface area contributed by atoms with E-state index < -0.39 is 5.97 Å². The lowest BCUT2D eigenvalue weighted by molar-refractivity contribution is 0.0697. The number of aromatic carboxylic acids is 1. The molecule has 2 rings (SSSR count). The molecule has 0 spiro atoms. The second-order valence-electron chi connectivity index (χ2n) is 3.73. The largest absolute Gasteiger partial charge is 0.478 e. The van der Waals surface area contributed by atoms with Crippen LogP contribution in [0.4, 0.5) is 0 Å². The summed E-state index contributed by atoms with van der Waals surface area (Å²) in [5.41, 5.74) is 7.96. The number of benzene rings is 1. The number of nitrogens with zero attached hydrogens (tertiary/aromatic N) is 1. The molecule has 1 aromatic carbocycles. The maximum atomic E-state index is 11.0. The molecule has 18 heavy (non-hydrogen) atoms. The smallest absolute Gasteiger partial charge is 0.335 e. The van der Waals surface area contributed by atoms with Gasteiger partial charge in [-0.25, -0.2) is 9.78 Å². The molecule has 0 bridgehead atoms. The van der Waals surface area contributed by atoms with Gasteiger partial charge in [0.25, 0.3) is 0 Å². The van der Waals surface area contributed by atoms with Crippen LogP contribution >= 0.6 is 11.6 Å². The zero-order valence-electron chi connectivity index (χ0n) is 9.43. The van der Waals surface area contributed by atoms with Crippen molar-refractivity contribution in [2.24, 2.45) is 5.73 Å². The molecule has 0 saturated carbocycles. The van der Waals surface area contributed by atoms with Gasteiger partial charge in [0, 0.05) is 12.1 Å². The predicted molar refractivity (Wildman–Crippen MR) is 69.5 cm³/mol. The maximum absolute atomic E-state index is 11.0. The SMILES string of the molecule is NCc1ccccc1-c1cc(C(=O)O)cc(Cl)n1. The molecule has 2 aromatic rings. The molecule has 1 aromatic heterocycles. The van der Waals surface area contributed by atoms with Crippen LogP contribution in [0, 0.1) is 0 Å². The third-order valence-electron chi connectivity index (χ3n) is 2.55. The molecular formula is C13H11ClN2O2. The summed E-state index contributed by atoms with van der Waals surface area (Å²) in [6.07, 6.45) is 0. The molecule has 1 heterocycles. The summed E-state index contributed by atoms with van der Waals surface area (Å²) in [7, 11) is 0. The molecule has 0 aliphatic heterocycles. The highest BCUT2D eigenvalue weighted by atomic mass is 35.5. The van der Waals surface area contributed by atoms with Gasteiger partial charge in [-0.05, 0) is 17.7 Å². The number of pyridine rings is 1. The van der Waals surface area contributed by atoms with E-state index in [2.05, 4.69) is 4.98 Å². The molecule has 0 unspecified atom stereocenters. The predicted octanol–water partition coefficient (Wildman–Crippen LogP) is 2.56. The number of carboxylic acid groups (broad SMARTS) is 1. The summed E-state index contributed by atoms with van der Waals surface area (Å²) in [6.45, 7) is 0.354. The Balaban J connectivity index is 2.60. The van der Waals surface area contributed by atoms with Crippen LogP contribution in [0.5, 0.6) is 0 Å². The summed E-state index contributed by atoms with van der Waals surface area (Å²) >= 11 is 5.83. The average molecular weight is 263 g/mol. The van der Waals surface area contributed by atoms with E-state index in [0.717, 1.165) is 11.1 Å². The highest BCUT2D eigenvalue weighted by molar-refractivity contribution is 6.29. The van der Waals surface area contributed by atoms with E-state index in [1.165, 1.54) is 12.1 Å². The van der Waals surface area contributed by atoms with Crippen molar-refractivity contribution in [3.05, 3.63) is 52.7 Å². The number of rotatable bonds is 3. The van der Waals surface area contributed by atoms with E-state index in [4.69, 9.17) is 22.4 Å². The van der Waals surface area contributed by atoms with Gasteiger partial charge in [-0.3, -0.25) is 0 Å². The highest BCUT2D eigenvalue weighted by Gasteiger charge is 2.11. The van der Waals surface area contributed by atoms with Crippen LogP contribution in [0.25, 0.3) is 11.3 Å². The van der Waals surface area contributed by atoms with Gasteiger partial charge in [0.05, 0.1) is 11.3 Å². The monoisotopic (exact) mass is 262 g/mol. The Morgan fingerprint density at radius 1 is 1.33 bits per heavy atom. The highest BCUT2D eigenvalue weighted by Crippen LogP contribution is 2.24. The van der Waals surface area contributed by atoms with E-state index in [9.17, 15) is 4.79 Å². The minimum atomic E-state index is -1.04. The van der Waals surface area contributed by atoms with Crippen LogP contribution in [0.15, 0.2) is 36.4 Å². The van der Waals surface area contributed by atoms with Gasteiger partial charge in [0.1, 0.15) is 5.15 Å². The first-order valence-electron chi connectivity index (χ1n) is 5.31. The van der Waals surface area contributed by atoms with E-state index in [-0.39, 0.29) is 10.7 Å². The number of aromatic nitrogens is 1. The summed E-state index contributed by atoms with van der Waals surface area (Å²) in [5, 5.41) is 9.15. The molecule has 92 valence electrons. The number of carboxylic acids is 1. The van der Waals surface area contributed by atoms with E-state index in [0.29, 0.717) is 12.2 Å². The van der Waals surface area contributed by atoms with Crippen molar-refractivity contribution in [2.75, 3.05) is 0 Å². The van der Waals surface area contributed by atoms with Crippen LogP contribution in [-0.2, 0) is 6.54 Å². The Hall–Kier alpha value is -1.91. The second kappa shape index (κ2) is 5.16. The zero-order valence-corrected chi connectivity index (χ0v) is 10.2. The van der Waals surface area contributed by atoms with Crippen LogP contribution in [0.2, 0.25) is 5.15 Å². The summed E-state index contributed by atoms with van der Waals surface area (Å²) in [4.78, 5) is 15.1. The molecule has 5 heteroatoms. The number of hydrogen-bond acceptors (Lipinski definition) is 3. The van der Waals surface area contributed by atoms with Crippen LogP contribution < -0.4 is 5.73 Å². The van der Waals surface area contributed by atoms with E-state index in [1.807, 2.05) is 24.3 Å². The minimum absolute atomic E-state index is 0.108. The van der Waals surface area contributed by atoms with Crippen molar-refractivity contribution in [1.82, 2.24) is 4.98 Å². The fraction of sp³-hybridized carbons (Fsp3) is 0.0769. The Bertz CT molecular complexity index is 599. The van der Waals surface area contributed by atoms with E-state index in [1.54, 1.807) is 0 Å². The summed E-state index contributed by atoms with van der Waals surface area (Å²) in [5.74, 6) is -1.04. The second-order valence-corrected chi connectivity index (χ2v) is 4.12. The minimum Gasteiger partial charge on any atom is -0.478 e. The molecule has 0 atom stereocenters. The van der Waals surface area contributed by atoms with Crippen molar-refractivity contribution >= 4 is 17.6 Å². The van der Waals surface area contributed by atoms with Gasteiger partial charge in [-0.2, -0.15) is 0 Å². The number of carbonyl (C=O) groups is 1. The third-order valence-corrected chi connectivity index (χ3v) is 2.75. The maximum Gasteiger partial charge on any atom is 0.335 e. The topological polar surface area (TPSA) is 76.2 Å². The fourth-order valence-corrected chi connectivity index (χ4v) is 1.92. The van der Waals surface area contributed by atoms with Crippen molar-refractivity contribution in [3.8, 4) is 11.3 Å². The van der Waals surface area contributed by atoms with Crippen molar-refractivity contribution < 1.29 is 9.90 Å².